The summed E-state index contributed by atoms with van der Waals surface area (Å²) in [5.74, 6) is -0.120. The standard InChI is InChI=1S/C24H19FO5/c1-15(2)24(27)30-23-13-17(8-10-22(23)28-3)16-7-9-20(21(25)12-16)18-5-4-6-19(11-18)29-14-26/h4-14H,1H2,2-3H3. The largest absolute Gasteiger partial charge is 0.493 e. The normalized spacial score (nSPS) is 10.2. The Kier molecular flexibility index (Phi) is 6.27. The van der Waals surface area contributed by atoms with Crippen LogP contribution in [-0.2, 0) is 9.59 Å². The van der Waals surface area contributed by atoms with Gasteiger partial charge in [0, 0.05) is 11.1 Å². The van der Waals surface area contributed by atoms with Crippen molar-refractivity contribution in [1.82, 2.24) is 0 Å². The Hall–Kier alpha value is -3.93. The average molecular weight is 406 g/mol. The van der Waals surface area contributed by atoms with E-state index in [0.29, 0.717) is 40.2 Å². The molecule has 0 heterocycles. The number of rotatable bonds is 7. The van der Waals surface area contributed by atoms with Gasteiger partial charge in [0.25, 0.3) is 6.47 Å². The maximum absolute atomic E-state index is 14.9. The van der Waals surface area contributed by atoms with Crippen LogP contribution in [0.25, 0.3) is 22.3 Å². The molecule has 0 atom stereocenters. The van der Waals surface area contributed by atoms with Gasteiger partial charge in [-0.2, -0.15) is 0 Å². The van der Waals surface area contributed by atoms with Crippen LogP contribution in [0.4, 0.5) is 4.39 Å². The summed E-state index contributed by atoms with van der Waals surface area (Å²) >= 11 is 0. The molecule has 0 fully saturated rings. The number of carbonyl (C=O) groups excluding carboxylic acids is 2. The van der Waals surface area contributed by atoms with Crippen molar-refractivity contribution in [2.75, 3.05) is 7.11 Å². The van der Waals surface area contributed by atoms with E-state index < -0.39 is 11.8 Å². The van der Waals surface area contributed by atoms with Crippen LogP contribution < -0.4 is 14.2 Å². The fraction of sp³-hybridized carbons (Fsp3) is 0.0833. The zero-order chi connectivity index (χ0) is 21.7. The van der Waals surface area contributed by atoms with E-state index in [1.165, 1.54) is 13.2 Å². The first-order valence-corrected chi connectivity index (χ1v) is 8.99. The quantitative estimate of drug-likeness (QED) is 0.234. The molecule has 0 saturated carbocycles. The highest BCUT2D eigenvalue weighted by Crippen LogP contribution is 2.35. The fourth-order valence-corrected chi connectivity index (χ4v) is 2.84. The Balaban J connectivity index is 1.96. The SMILES string of the molecule is C=C(C)C(=O)Oc1cc(-c2ccc(-c3cccc(OC=O)c3)c(F)c2)ccc1OC. The molecule has 152 valence electrons. The molecule has 0 aliphatic heterocycles. The molecule has 0 radical (unpaired) electrons. The van der Waals surface area contributed by atoms with Crippen LogP contribution in [0.15, 0.2) is 72.8 Å². The van der Waals surface area contributed by atoms with Crippen LogP contribution >= 0.6 is 0 Å². The summed E-state index contributed by atoms with van der Waals surface area (Å²) in [5, 5.41) is 0. The smallest absolute Gasteiger partial charge is 0.338 e. The van der Waals surface area contributed by atoms with Crippen molar-refractivity contribution in [2.24, 2.45) is 0 Å². The van der Waals surface area contributed by atoms with E-state index in [1.54, 1.807) is 61.5 Å². The molecule has 3 aromatic rings. The predicted octanol–water partition coefficient (Wildman–Crippen LogP) is 5.19. The summed E-state index contributed by atoms with van der Waals surface area (Å²) in [7, 11) is 1.46. The van der Waals surface area contributed by atoms with Crippen LogP contribution in [0.3, 0.4) is 0 Å². The van der Waals surface area contributed by atoms with Crippen molar-refractivity contribution in [3.05, 3.63) is 78.6 Å². The van der Waals surface area contributed by atoms with Gasteiger partial charge in [0.2, 0.25) is 0 Å². The van der Waals surface area contributed by atoms with Crippen molar-refractivity contribution in [2.45, 2.75) is 6.92 Å². The van der Waals surface area contributed by atoms with Gasteiger partial charge in [-0.3, -0.25) is 4.79 Å². The number of hydrogen-bond acceptors (Lipinski definition) is 5. The zero-order valence-corrected chi connectivity index (χ0v) is 16.5. The maximum atomic E-state index is 14.9. The molecule has 0 amide bonds. The molecule has 3 rings (SSSR count). The third kappa shape index (κ3) is 4.55. The van der Waals surface area contributed by atoms with Gasteiger partial charge in [-0.05, 0) is 53.9 Å². The van der Waals surface area contributed by atoms with Gasteiger partial charge in [0.05, 0.1) is 7.11 Å². The minimum atomic E-state index is -0.579. The molecule has 0 aromatic heterocycles. The summed E-state index contributed by atoms with van der Waals surface area (Å²) in [6.07, 6.45) is 0. The minimum Gasteiger partial charge on any atom is -0.493 e. The highest BCUT2D eigenvalue weighted by Gasteiger charge is 2.14. The molecule has 0 spiro atoms. The molecule has 0 N–H and O–H groups in total. The van der Waals surface area contributed by atoms with Crippen LogP contribution in [0, 0.1) is 5.82 Å². The van der Waals surface area contributed by atoms with Crippen molar-refractivity contribution in [3.8, 4) is 39.5 Å². The summed E-state index contributed by atoms with van der Waals surface area (Å²) in [6.45, 7) is 5.43. The second-order valence-electron chi connectivity index (χ2n) is 6.47. The predicted molar refractivity (Wildman–Crippen MR) is 111 cm³/mol. The molecule has 3 aromatic carbocycles. The number of hydrogen-bond donors (Lipinski definition) is 0. The lowest BCUT2D eigenvalue weighted by Gasteiger charge is -2.12. The Morgan fingerprint density at radius 3 is 2.37 bits per heavy atom. The second-order valence-corrected chi connectivity index (χ2v) is 6.47. The highest BCUT2D eigenvalue weighted by molar-refractivity contribution is 5.89. The van der Waals surface area contributed by atoms with E-state index in [-0.39, 0.29) is 11.3 Å². The van der Waals surface area contributed by atoms with Crippen molar-refractivity contribution in [3.63, 3.8) is 0 Å². The Morgan fingerprint density at radius 1 is 0.967 bits per heavy atom. The van der Waals surface area contributed by atoms with Gasteiger partial charge in [-0.15, -0.1) is 0 Å². The Labute approximate surface area is 173 Å². The molecule has 0 bridgehead atoms. The third-order valence-electron chi connectivity index (χ3n) is 4.35. The molecular formula is C24H19FO5. The molecule has 0 unspecified atom stereocenters. The van der Waals surface area contributed by atoms with E-state index in [9.17, 15) is 14.0 Å². The van der Waals surface area contributed by atoms with Gasteiger partial charge < -0.3 is 14.2 Å². The van der Waals surface area contributed by atoms with Gasteiger partial charge in [-0.1, -0.05) is 36.9 Å². The molecule has 0 aliphatic carbocycles. The number of benzene rings is 3. The summed E-state index contributed by atoms with van der Waals surface area (Å²) in [6, 6.07) is 16.3. The average Bonchev–Trinajstić information content (AvgIpc) is 2.74. The zero-order valence-electron chi connectivity index (χ0n) is 16.5. The second kappa shape index (κ2) is 9.05. The molecule has 6 heteroatoms. The lowest BCUT2D eigenvalue weighted by molar-refractivity contribution is -0.130. The fourth-order valence-electron chi connectivity index (χ4n) is 2.84. The first-order chi connectivity index (χ1) is 14.4. The summed E-state index contributed by atoms with van der Waals surface area (Å²) < 4.78 is 30.2. The maximum Gasteiger partial charge on any atom is 0.338 e. The number of methoxy groups -OCH3 is 1. The monoisotopic (exact) mass is 406 g/mol. The van der Waals surface area contributed by atoms with Gasteiger partial charge in [-0.25, -0.2) is 9.18 Å². The van der Waals surface area contributed by atoms with E-state index in [1.807, 2.05) is 0 Å². The van der Waals surface area contributed by atoms with Crippen LogP contribution in [0.2, 0.25) is 0 Å². The van der Waals surface area contributed by atoms with E-state index in [2.05, 4.69) is 6.58 Å². The van der Waals surface area contributed by atoms with Gasteiger partial charge >= 0.3 is 5.97 Å². The van der Waals surface area contributed by atoms with Crippen molar-refractivity contribution >= 4 is 12.4 Å². The third-order valence-corrected chi connectivity index (χ3v) is 4.35. The first-order valence-electron chi connectivity index (χ1n) is 8.99. The first kappa shape index (κ1) is 20.8. The lowest BCUT2D eigenvalue weighted by atomic mass is 9.99. The number of esters is 1. The lowest BCUT2D eigenvalue weighted by Crippen LogP contribution is -2.09. The van der Waals surface area contributed by atoms with Gasteiger partial charge in [0.15, 0.2) is 11.5 Å². The van der Waals surface area contributed by atoms with Crippen molar-refractivity contribution < 1.29 is 28.2 Å². The van der Waals surface area contributed by atoms with Gasteiger partial charge in [0.1, 0.15) is 11.6 Å². The number of halogens is 1. The van der Waals surface area contributed by atoms with Crippen molar-refractivity contribution in [1.29, 1.82) is 0 Å². The number of ether oxygens (including phenoxy) is 3. The molecule has 0 saturated heterocycles. The molecule has 5 nitrogen and oxygen atoms in total. The van der Waals surface area contributed by atoms with E-state index in [0.717, 1.165) is 0 Å². The molecule has 0 aliphatic rings. The molecular weight excluding hydrogens is 387 g/mol. The molecule has 30 heavy (non-hydrogen) atoms. The summed E-state index contributed by atoms with van der Waals surface area (Å²) in [5.41, 5.74) is 2.41. The highest BCUT2D eigenvalue weighted by atomic mass is 19.1. The van der Waals surface area contributed by atoms with E-state index in [4.69, 9.17) is 14.2 Å². The van der Waals surface area contributed by atoms with Crippen LogP contribution in [0.1, 0.15) is 6.92 Å². The van der Waals surface area contributed by atoms with E-state index >= 15 is 0 Å². The topological polar surface area (TPSA) is 61.8 Å². The number of carbonyl (C=O) groups is 2. The summed E-state index contributed by atoms with van der Waals surface area (Å²) in [4.78, 5) is 22.4. The van der Waals surface area contributed by atoms with Crippen LogP contribution in [-0.4, -0.2) is 19.6 Å². The Bertz CT molecular complexity index is 1120. The Morgan fingerprint density at radius 2 is 1.70 bits per heavy atom. The van der Waals surface area contributed by atoms with Crippen LogP contribution in [0.5, 0.6) is 17.2 Å². The minimum absolute atomic E-state index is 0.214.